The largest absolute Gasteiger partial charge is 0.310 e. The van der Waals surface area contributed by atoms with E-state index in [1.165, 1.54) is 124 Å². The van der Waals surface area contributed by atoms with Crippen LogP contribution in [0.15, 0.2) is 388 Å². The van der Waals surface area contributed by atoms with E-state index in [0.29, 0.717) is 0 Å². The maximum absolute atomic E-state index is 2.72. The third kappa shape index (κ3) is 8.73. The van der Waals surface area contributed by atoms with Crippen molar-refractivity contribution < 1.29 is 0 Å². The molecular weight excluding hydrogens is 1330 g/mol. The summed E-state index contributed by atoms with van der Waals surface area (Å²) >= 11 is 0. The average Bonchev–Trinajstić information content (AvgIpc) is 0.848. The minimum absolute atomic E-state index is 0.287. The third-order valence-corrected chi connectivity index (χ3v) is 24.4. The Kier molecular flexibility index (Phi) is 13.1. The van der Waals surface area contributed by atoms with Crippen LogP contribution in [0.25, 0.3) is 180 Å². The van der Waals surface area contributed by atoms with E-state index in [0.717, 1.165) is 106 Å². The van der Waals surface area contributed by atoms with Crippen molar-refractivity contribution in [1.29, 1.82) is 0 Å². The van der Waals surface area contributed by atoms with Crippen LogP contribution in [-0.2, 0) is 0 Å². The number of anilines is 6. The molecular formula is C106H64BN3. The van der Waals surface area contributed by atoms with Crippen molar-refractivity contribution in [3.63, 3.8) is 0 Å². The van der Waals surface area contributed by atoms with E-state index in [9.17, 15) is 0 Å². The zero-order valence-electron chi connectivity index (χ0n) is 59.9. The van der Waals surface area contributed by atoms with Crippen molar-refractivity contribution in [3.05, 3.63) is 388 Å². The molecule has 0 bridgehead atoms. The van der Waals surface area contributed by atoms with E-state index < -0.39 is 0 Å². The second-order valence-corrected chi connectivity index (χ2v) is 30.0. The molecule has 22 aromatic rings. The minimum Gasteiger partial charge on any atom is -0.310 e. The van der Waals surface area contributed by atoms with Crippen LogP contribution in [0.2, 0.25) is 0 Å². The summed E-state index contributed by atoms with van der Waals surface area (Å²) in [5.41, 5.74) is 27.4. The van der Waals surface area contributed by atoms with E-state index in [-0.39, 0.29) is 6.71 Å². The summed E-state index contributed by atoms with van der Waals surface area (Å²) in [5, 5.41) is 22.7. The predicted molar refractivity (Wildman–Crippen MR) is 470 cm³/mol. The van der Waals surface area contributed by atoms with Crippen molar-refractivity contribution in [1.82, 2.24) is 4.57 Å². The molecule has 2 aliphatic rings. The van der Waals surface area contributed by atoms with Crippen LogP contribution >= 0.6 is 0 Å². The molecule has 0 atom stereocenters. The lowest BCUT2D eigenvalue weighted by molar-refractivity contribution is 1.16. The van der Waals surface area contributed by atoms with Gasteiger partial charge in [-0.2, -0.15) is 0 Å². The van der Waals surface area contributed by atoms with Gasteiger partial charge in [0.05, 0.1) is 28.1 Å². The Morgan fingerprint density at radius 3 is 0.891 bits per heavy atom. The molecule has 0 saturated carbocycles. The number of hydrogen-bond donors (Lipinski definition) is 0. The van der Waals surface area contributed by atoms with Gasteiger partial charge in [0.1, 0.15) is 0 Å². The first-order valence-corrected chi connectivity index (χ1v) is 38.3. The van der Waals surface area contributed by atoms with Gasteiger partial charge in [0.15, 0.2) is 0 Å². The Hall–Kier alpha value is -14.3. The Balaban J connectivity index is 0.887. The second kappa shape index (κ2) is 23.6. The van der Waals surface area contributed by atoms with Crippen LogP contribution in [0.5, 0.6) is 0 Å². The Morgan fingerprint density at radius 1 is 0.191 bits per heavy atom. The van der Waals surface area contributed by atoms with Crippen LogP contribution < -0.4 is 26.2 Å². The molecule has 0 saturated heterocycles. The van der Waals surface area contributed by atoms with Gasteiger partial charge in [0.25, 0.3) is 6.71 Å². The zero-order valence-corrected chi connectivity index (χ0v) is 59.9. The first kappa shape index (κ1) is 60.9. The molecule has 0 radical (unpaired) electrons. The highest BCUT2D eigenvalue weighted by molar-refractivity contribution is 7.00. The lowest BCUT2D eigenvalue weighted by Crippen LogP contribution is -2.61. The van der Waals surface area contributed by atoms with E-state index in [1.807, 2.05) is 0 Å². The molecule has 4 heteroatoms. The van der Waals surface area contributed by atoms with Gasteiger partial charge in [-0.1, -0.05) is 352 Å². The highest BCUT2D eigenvalue weighted by atomic mass is 15.2. The molecule has 21 aromatic carbocycles. The summed E-state index contributed by atoms with van der Waals surface area (Å²) < 4.78 is 2.55. The smallest absolute Gasteiger partial charge is 0.252 e. The fourth-order valence-electron chi connectivity index (χ4n) is 19.9. The minimum atomic E-state index is -0.287. The van der Waals surface area contributed by atoms with Crippen LogP contribution in [0, 0.1) is 0 Å². The summed E-state index contributed by atoms with van der Waals surface area (Å²) in [7, 11) is 0. The fraction of sp³-hybridized carbons (Fsp3) is 0. The molecule has 0 amide bonds. The summed E-state index contributed by atoms with van der Waals surface area (Å²) in [6.07, 6.45) is 0. The zero-order chi connectivity index (χ0) is 71.8. The van der Waals surface area contributed by atoms with E-state index in [4.69, 9.17) is 0 Å². The van der Waals surface area contributed by atoms with Crippen molar-refractivity contribution in [2.75, 3.05) is 9.80 Å². The maximum atomic E-state index is 2.72. The maximum Gasteiger partial charge on any atom is 0.252 e. The number of para-hydroxylation sites is 4. The molecule has 0 spiro atoms. The number of benzene rings is 21. The molecule has 1 aromatic heterocycles. The summed E-state index contributed by atoms with van der Waals surface area (Å²) in [6.45, 7) is -0.287. The standard InChI is InChI=1S/C106H64BN3/c1-5-25-65(26-6-1)78-41-23-42-79(66-27-7-2-8-28-66)105(78)109-94-61-73(76-57-53-71-37-19-47-86-84-45-17-33-69-35-21-49-88(98(69)84)102(76)100(71)86)55-59-90(94)107-91-60-56-74(77-58-54-72-38-20-48-87-85-46-18-34-70-36-22-50-89(99(70)85)103(77)101(72)87)62-95(91)110(106-80(67-29-9-3-10-30-67)43-24-44-81(106)68-31-11-4-12-32-68)97-64-75(63-96(109)104(97)107)108-92-51-15-13-39-82(92)83-40-14-16-52-93(83)108/h1-64H. The lowest BCUT2D eigenvalue weighted by Gasteiger charge is -2.46. The molecule has 0 aliphatic carbocycles. The van der Waals surface area contributed by atoms with Crippen LogP contribution in [0.3, 0.4) is 0 Å². The topological polar surface area (TPSA) is 11.4 Å². The van der Waals surface area contributed by atoms with Gasteiger partial charge in [0, 0.05) is 55.8 Å². The summed E-state index contributed by atoms with van der Waals surface area (Å²) in [5.74, 6) is 0. The molecule has 506 valence electrons. The quantitative estimate of drug-likeness (QED) is 0.0811. The van der Waals surface area contributed by atoms with Gasteiger partial charge >= 0.3 is 0 Å². The second-order valence-electron chi connectivity index (χ2n) is 30.0. The van der Waals surface area contributed by atoms with E-state index in [1.54, 1.807) is 0 Å². The van der Waals surface area contributed by atoms with Gasteiger partial charge < -0.3 is 14.4 Å². The SMILES string of the molecule is c1ccc(-c2cccc(-c3ccccc3)c2N2c3cc(-c4ccc5cccc6c7cccc8cccc(c4c56)c87)ccc3B3c4ccc(-c5ccc6cccc7c8cccc9cccc(c5c67)c98)cc4N(c4c(-c5ccccc5)cccc4-c4ccccc4)c4cc(-n5c6ccccc6c6ccccc65)cc2c43)cc1. The number of aromatic nitrogens is 1. The first-order valence-electron chi connectivity index (χ1n) is 38.3. The highest BCUT2D eigenvalue weighted by Gasteiger charge is 2.46. The van der Waals surface area contributed by atoms with Gasteiger partial charge in [-0.05, 0) is 183 Å². The van der Waals surface area contributed by atoms with Gasteiger partial charge in [-0.25, -0.2) is 0 Å². The number of nitrogens with zero attached hydrogens (tertiary/aromatic N) is 3. The summed E-state index contributed by atoms with van der Waals surface area (Å²) in [4.78, 5) is 5.44. The molecule has 0 unspecified atom stereocenters. The normalized spacial score (nSPS) is 12.7. The average molecular weight is 1390 g/mol. The number of hydrogen-bond acceptors (Lipinski definition) is 2. The Bertz CT molecular complexity index is 7020. The predicted octanol–water partition coefficient (Wildman–Crippen LogP) is 27.0. The van der Waals surface area contributed by atoms with Crippen LogP contribution in [0.4, 0.5) is 34.1 Å². The van der Waals surface area contributed by atoms with Crippen molar-refractivity contribution in [2.24, 2.45) is 0 Å². The van der Waals surface area contributed by atoms with Crippen LogP contribution in [-0.4, -0.2) is 11.3 Å². The van der Waals surface area contributed by atoms with Gasteiger partial charge in [-0.15, -0.1) is 0 Å². The monoisotopic (exact) mass is 1390 g/mol. The van der Waals surface area contributed by atoms with Crippen molar-refractivity contribution in [2.45, 2.75) is 0 Å². The fourth-order valence-corrected chi connectivity index (χ4v) is 19.9. The molecule has 24 rings (SSSR count). The van der Waals surface area contributed by atoms with Gasteiger partial charge in [0.2, 0.25) is 0 Å². The molecule has 2 aliphatic heterocycles. The lowest BCUT2D eigenvalue weighted by atomic mass is 9.33. The molecule has 3 nitrogen and oxygen atoms in total. The molecule has 3 heterocycles. The Labute approximate surface area is 636 Å². The van der Waals surface area contributed by atoms with Crippen molar-refractivity contribution in [3.8, 4) is 72.4 Å². The van der Waals surface area contributed by atoms with Crippen molar-refractivity contribution >= 4 is 165 Å². The third-order valence-electron chi connectivity index (χ3n) is 24.4. The van der Waals surface area contributed by atoms with E-state index in [2.05, 4.69) is 403 Å². The van der Waals surface area contributed by atoms with E-state index >= 15 is 0 Å². The van der Waals surface area contributed by atoms with Crippen LogP contribution in [0.1, 0.15) is 0 Å². The molecule has 0 N–H and O–H groups in total. The Morgan fingerprint density at radius 2 is 0.509 bits per heavy atom. The highest BCUT2D eigenvalue weighted by Crippen LogP contribution is 2.56. The molecule has 110 heavy (non-hydrogen) atoms. The summed E-state index contributed by atoms with van der Waals surface area (Å²) in [6, 6.07) is 147. The number of rotatable bonds is 9. The number of fused-ring (bicyclic) bond motifs is 11. The molecule has 0 fully saturated rings. The van der Waals surface area contributed by atoms with Gasteiger partial charge in [-0.3, -0.25) is 0 Å². The first-order chi connectivity index (χ1) is 54.6.